The molecule has 30 heavy (non-hydrogen) atoms. The first kappa shape index (κ1) is 19.6. The number of pyridine rings is 1. The molecule has 0 unspecified atom stereocenters. The van der Waals surface area contributed by atoms with Crippen molar-refractivity contribution in [3.63, 3.8) is 0 Å². The van der Waals surface area contributed by atoms with Crippen LogP contribution in [0, 0.1) is 0 Å². The quantitative estimate of drug-likeness (QED) is 0.469. The summed E-state index contributed by atoms with van der Waals surface area (Å²) in [5.41, 5.74) is 0.298. The SMILES string of the molecule is COc1ccc(N(c2ccncn2)S(=O)(=O)c2ccc3cnccc3c2)c(OC)c1. The molecule has 0 bridgehead atoms. The highest BCUT2D eigenvalue weighted by Gasteiger charge is 2.30. The highest BCUT2D eigenvalue weighted by molar-refractivity contribution is 7.93. The van der Waals surface area contributed by atoms with E-state index in [0.717, 1.165) is 15.1 Å². The van der Waals surface area contributed by atoms with Crippen molar-refractivity contribution in [2.45, 2.75) is 4.90 Å². The maximum atomic E-state index is 13.8. The van der Waals surface area contributed by atoms with Gasteiger partial charge >= 0.3 is 0 Å². The molecule has 0 saturated carbocycles. The Kier molecular flexibility index (Phi) is 5.20. The van der Waals surface area contributed by atoms with Crippen LogP contribution in [0.25, 0.3) is 10.8 Å². The van der Waals surface area contributed by atoms with E-state index in [-0.39, 0.29) is 10.7 Å². The zero-order chi connectivity index (χ0) is 21.1. The lowest BCUT2D eigenvalue weighted by Gasteiger charge is -2.25. The van der Waals surface area contributed by atoms with Crippen LogP contribution < -0.4 is 13.8 Å². The molecule has 0 N–H and O–H groups in total. The van der Waals surface area contributed by atoms with E-state index >= 15 is 0 Å². The van der Waals surface area contributed by atoms with E-state index < -0.39 is 10.0 Å². The average molecular weight is 422 g/mol. The molecule has 0 spiro atoms. The molecule has 2 aromatic carbocycles. The van der Waals surface area contributed by atoms with Crippen LogP contribution in [0.1, 0.15) is 0 Å². The van der Waals surface area contributed by atoms with Gasteiger partial charge in [-0.2, -0.15) is 0 Å². The first-order valence-corrected chi connectivity index (χ1v) is 10.4. The summed E-state index contributed by atoms with van der Waals surface area (Å²) >= 11 is 0. The van der Waals surface area contributed by atoms with E-state index in [2.05, 4.69) is 15.0 Å². The molecular formula is C21H18N4O4S. The van der Waals surface area contributed by atoms with Gasteiger partial charge in [0.25, 0.3) is 10.0 Å². The molecule has 4 aromatic rings. The Balaban J connectivity index is 1.94. The van der Waals surface area contributed by atoms with Crippen LogP contribution in [0.3, 0.4) is 0 Å². The molecule has 0 aliphatic rings. The molecule has 2 aromatic heterocycles. The van der Waals surface area contributed by atoms with Crippen molar-refractivity contribution in [1.29, 1.82) is 0 Å². The van der Waals surface area contributed by atoms with Crippen molar-refractivity contribution < 1.29 is 17.9 Å². The highest BCUT2D eigenvalue weighted by Crippen LogP contribution is 2.39. The summed E-state index contributed by atoms with van der Waals surface area (Å²) in [5, 5.41) is 1.60. The Morgan fingerprint density at radius 1 is 0.867 bits per heavy atom. The van der Waals surface area contributed by atoms with Crippen molar-refractivity contribution in [2.75, 3.05) is 18.5 Å². The second kappa shape index (κ2) is 7.96. The Hall–Kier alpha value is -3.72. The lowest BCUT2D eigenvalue weighted by atomic mass is 10.2. The van der Waals surface area contributed by atoms with Crippen molar-refractivity contribution in [3.05, 3.63) is 73.4 Å². The predicted molar refractivity (Wildman–Crippen MR) is 113 cm³/mol. The number of sulfonamides is 1. The van der Waals surface area contributed by atoms with E-state index in [0.29, 0.717) is 17.2 Å². The van der Waals surface area contributed by atoms with E-state index in [1.807, 2.05) is 0 Å². The summed E-state index contributed by atoms with van der Waals surface area (Å²) in [6.45, 7) is 0. The minimum atomic E-state index is -4.05. The van der Waals surface area contributed by atoms with Gasteiger partial charge in [0.2, 0.25) is 0 Å². The standard InChI is InChI=1S/C21H18N4O4S/c1-28-17-4-6-19(20(12-17)29-2)25(21-8-10-23-14-24-21)30(26,27)18-5-3-16-13-22-9-7-15(16)11-18/h3-14H,1-2H3. The molecule has 0 fully saturated rings. The Bertz CT molecular complexity index is 1300. The third-order valence-corrected chi connectivity index (χ3v) is 6.24. The maximum Gasteiger partial charge on any atom is 0.270 e. The van der Waals surface area contributed by atoms with Gasteiger partial charge < -0.3 is 9.47 Å². The number of hydrogen-bond acceptors (Lipinski definition) is 7. The minimum Gasteiger partial charge on any atom is -0.497 e. The average Bonchev–Trinajstić information content (AvgIpc) is 2.79. The highest BCUT2D eigenvalue weighted by atomic mass is 32.2. The number of hydrogen-bond donors (Lipinski definition) is 0. The summed E-state index contributed by atoms with van der Waals surface area (Å²) in [5.74, 6) is 1.04. The van der Waals surface area contributed by atoms with Crippen LogP contribution in [0.4, 0.5) is 11.5 Å². The van der Waals surface area contributed by atoms with Crippen LogP contribution in [-0.4, -0.2) is 37.6 Å². The molecular weight excluding hydrogens is 404 g/mol. The number of rotatable bonds is 6. The van der Waals surface area contributed by atoms with Crippen LogP contribution >= 0.6 is 0 Å². The first-order chi connectivity index (χ1) is 14.5. The molecule has 0 aliphatic heterocycles. The molecule has 0 radical (unpaired) electrons. The number of benzene rings is 2. The summed E-state index contributed by atoms with van der Waals surface area (Å²) in [6.07, 6.45) is 6.07. The molecule has 0 amide bonds. The predicted octanol–water partition coefficient (Wildman–Crippen LogP) is 3.57. The topological polar surface area (TPSA) is 94.5 Å². The van der Waals surface area contributed by atoms with Crippen LogP contribution in [0.2, 0.25) is 0 Å². The first-order valence-electron chi connectivity index (χ1n) is 8.92. The molecule has 0 aliphatic carbocycles. The summed E-state index contributed by atoms with van der Waals surface area (Å²) < 4.78 is 39.3. The van der Waals surface area contributed by atoms with Crippen LogP contribution in [0.15, 0.2) is 78.3 Å². The molecule has 4 rings (SSSR count). The second-order valence-electron chi connectivity index (χ2n) is 6.26. The van der Waals surface area contributed by atoms with Crippen molar-refractivity contribution in [1.82, 2.24) is 15.0 Å². The fourth-order valence-corrected chi connectivity index (χ4v) is 4.55. The second-order valence-corrected chi connectivity index (χ2v) is 8.05. The van der Waals surface area contributed by atoms with Crippen LogP contribution in [-0.2, 0) is 10.0 Å². The molecule has 8 nitrogen and oxygen atoms in total. The van der Waals surface area contributed by atoms with Gasteiger partial charge in [-0.1, -0.05) is 6.07 Å². The van der Waals surface area contributed by atoms with Gasteiger partial charge in [-0.3, -0.25) is 4.98 Å². The Morgan fingerprint density at radius 2 is 1.70 bits per heavy atom. The zero-order valence-electron chi connectivity index (χ0n) is 16.3. The molecule has 0 saturated heterocycles. The molecule has 9 heteroatoms. The zero-order valence-corrected chi connectivity index (χ0v) is 17.1. The number of ether oxygens (including phenoxy) is 2. The lowest BCUT2D eigenvalue weighted by Crippen LogP contribution is -2.27. The van der Waals surface area contributed by atoms with Crippen molar-refractivity contribution in [2.24, 2.45) is 0 Å². The molecule has 152 valence electrons. The third-order valence-electron chi connectivity index (χ3n) is 4.53. The largest absolute Gasteiger partial charge is 0.497 e. The third kappa shape index (κ3) is 3.50. The van der Waals surface area contributed by atoms with Gasteiger partial charge in [0, 0.05) is 36.1 Å². The van der Waals surface area contributed by atoms with Gasteiger partial charge in [-0.05, 0) is 35.7 Å². The van der Waals surface area contributed by atoms with Gasteiger partial charge in [-0.25, -0.2) is 22.7 Å². The van der Waals surface area contributed by atoms with Gasteiger partial charge in [-0.15, -0.1) is 0 Å². The fourth-order valence-electron chi connectivity index (χ4n) is 3.06. The molecule has 0 atom stereocenters. The van der Waals surface area contributed by atoms with Crippen LogP contribution in [0.5, 0.6) is 11.5 Å². The van der Waals surface area contributed by atoms with Crippen molar-refractivity contribution in [3.8, 4) is 11.5 Å². The van der Waals surface area contributed by atoms with Gasteiger partial charge in [0.1, 0.15) is 23.5 Å². The summed E-state index contributed by atoms with van der Waals surface area (Å²) in [4.78, 5) is 12.2. The van der Waals surface area contributed by atoms with Crippen molar-refractivity contribution >= 4 is 32.3 Å². The maximum absolute atomic E-state index is 13.8. The minimum absolute atomic E-state index is 0.109. The number of methoxy groups -OCH3 is 2. The Labute approximate surface area is 173 Å². The smallest absolute Gasteiger partial charge is 0.270 e. The lowest BCUT2D eigenvalue weighted by molar-refractivity contribution is 0.395. The molecule has 2 heterocycles. The van der Waals surface area contributed by atoms with Gasteiger partial charge in [0.15, 0.2) is 5.82 Å². The number of aromatic nitrogens is 3. The number of fused-ring (bicyclic) bond motifs is 1. The van der Waals surface area contributed by atoms with E-state index in [1.54, 1.807) is 54.9 Å². The van der Waals surface area contributed by atoms with E-state index in [4.69, 9.17) is 9.47 Å². The van der Waals surface area contributed by atoms with Gasteiger partial charge in [0.05, 0.1) is 19.1 Å². The summed E-state index contributed by atoms with van der Waals surface area (Å²) in [7, 11) is -1.06. The van der Waals surface area contributed by atoms with E-state index in [9.17, 15) is 8.42 Å². The normalized spacial score (nSPS) is 11.3. The Morgan fingerprint density at radius 3 is 2.43 bits per heavy atom. The monoisotopic (exact) mass is 422 g/mol. The fraction of sp³-hybridized carbons (Fsp3) is 0.0952. The summed E-state index contributed by atoms with van der Waals surface area (Å²) in [6, 6.07) is 13.0. The number of nitrogens with zero attached hydrogens (tertiary/aromatic N) is 4. The number of anilines is 2. The van der Waals surface area contributed by atoms with E-state index in [1.165, 1.54) is 32.8 Å².